The normalized spacial score (nSPS) is 11.9. The van der Waals surface area contributed by atoms with E-state index in [4.69, 9.17) is 11.6 Å². The monoisotopic (exact) mass is 288 g/mol. The summed E-state index contributed by atoms with van der Waals surface area (Å²) in [5.74, 6) is -0.203. The number of alkyl halides is 1. The first-order valence-electron chi connectivity index (χ1n) is 6.62. The average Bonchev–Trinajstić information content (AvgIpc) is 2.53. The number of amides is 1. The molecule has 1 unspecified atom stereocenters. The summed E-state index contributed by atoms with van der Waals surface area (Å²) in [6.45, 7) is 2.47. The summed E-state index contributed by atoms with van der Waals surface area (Å²) in [7, 11) is 0. The van der Waals surface area contributed by atoms with Crippen LogP contribution in [0.1, 0.15) is 29.1 Å². The summed E-state index contributed by atoms with van der Waals surface area (Å²) in [5.41, 5.74) is 2.82. The molecule has 1 amide bonds. The van der Waals surface area contributed by atoms with Crippen LogP contribution in [0.2, 0.25) is 0 Å². The van der Waals surface area contributed by atoms with Gasteiger partial charge in [0.25, 0.3) is 0 Å². The number of benzene rings is 1. The fourth-order valence-electron chi connectivity index (χ4n) is 1.99. The molecule has 0 aliphatic rings. The fraction of sp³-hybridized carbons (Fsp3) is 0.250. The SMILES string of the molecule is CCc1cccnc1CNC(=O)C(Cl)c1ccccc1. The Kier molecular flexibility index (Phi) is 5.13. The van der Waals surface area contributed by atoms with Crippen LogP contribution in [-0.4, -0.2) is 10.9 Å². The second-order valence-corrected chi connectivity index (χ2v) is 4.89. The van der Waals surface area contributed by atoms with E-state index in [1.54, 1.807) is 6.20 Å². The van der Waals surface area contributed by atoms with Crippen molar-refractivity contribution in [3.05, 3.63) is 65.5 Å². The quantitative estimate of drug-likeness (QED) is 0.858. The predicted molar refractivity (Wildman–Crippen MR) is 80.5 cm³/mol. The van der Waals surface area contributed by atoms with Gasteiger partial charge in [-0.15, -0.1) is 11.6 Å². The number of hydrogen-bond donors (Lipinski definition) is 1. The number of aromatic nitrogens is 1. The lowest BCUT2D eigenvalue weighted by atomic mass is 10.1. The molecule has 0 bridgehead atoms. The Morgan fingerprint density at radius 1 is 1.25 bits per heavy atom. The molecule has 2 aromatic rings. The van der Waals surface area contributed by atoms with Crippen molar-refractivity contribution in [3.63, 3.8) is 0 Å². The average molecular weight is 289 g/mol. The number of nitrogens with one attached hydrogen (secondary N) is 1. The van der Waals surface area contributed by atoms with Gasteiger partial charge in [0.2, 0.25) is 5.91 Å². The van der Waals surface area contributed by atoms with Gasteiger partial charge in [-0.3, -0.25) is 9.78 Å². The van der Waals surface area contributed by atoms with E-state index in [2.05, 4.69) is 17.2 Å². The Morgan fingerprint density at radius 3 is 2.70 bits per heavy atom. The predicted octanol–water partition coefficient (Wildman–Crippen LogP) is 3.24. The van der Waals surface area contributed by atoms with Crippen molar-refractivity contribution in [2.75, 3.05) is 0 Å². The number of nitrogens with zero attached hydrogens (tertiary/aromatic N) is 1. The van der Waals surface area contributed by atoms with Crippen molar-refractivity contribution in [1.82, 2.24) is 10.3 Å². The van der Waals surface area contributed by atoms with Crippen molar-refractivity contribution in [2.45, 2.75) is 25.3 Å². The third kappa shape index (κ3) is 3.58. The minimum absolute atomic E-state index is 0.203. The summed E-state index contributed by atoms with van der Waals surface area (Å²) in [4.78, 5) is 16.3. The molecule has 1 aromatic carbocycles. The first kappa shape index (κ1) is 14.5. The molecule has 0 aliphatic carbocycles. The summed E-state index contributed by atoms with van der Waals surface area (Å²) < 4.78 is 0. The van der Waals surface area contributed by atoms with Crippen molar-refractivity contribution in [3.8, 4) is 0 Å². The molecule has 104 valence electrons. The number of aryl methyl sites for hydroxylation is 1. The number of pyridine rings is 1. The van der Waals surface area contributed by atoms with Gasteiger partial charge in [0.1, 0.15) is 5.38 Å². The van der Waals surface area contributed by atoms with Crippen LogP contribution in [0.3, 0.4) is 0 Å². The Morgan fingerprint density at radius 2 is 2.00 bits per heavy atom. The van der Waals surface area contributed by atoms with E-state index in [-0.39, 0.29) is 5.91 Å². The highest BCUT2D eigenvalue weighted by Gasteiger charge is 2.17. The molecule has 2 rings (SSSR count). The molecule has 1 atom stereocenters. The number of halogens is 1. The van der Waals surface area contributed by atoms with Crippen LogP contribution >= 0.6 is 11.6 Å². The highest BCUT2D eigenvalue weighted by molar-refractivity contribution is 6.30. The lowest BCUT2D eigenvalue weighted by Crippen LogP contribution is -2.27. The maximum atomic E-state index is 12.0. The molecule has 20 heavy (non-hydrogen) atoms. The highest BCUT2D eigenvalue weighted by Crippen LogP contribution is 2.20. The number of rotatable bonds is 5. The molecule has 1 N–H and O–H groups in total. The lowest BCUT2D eigenvalue weighted by Gasteiger charge is -2.12. The summed E-state index contributed by atoms with van der Waals surface area (Å²) in [6, 6.07) is 13.2. The maximum absolute atomic E-state index is 12.0. The van der Waals surface area contributed by atoms with E-state index in [0.29, 0.717) is 6.54 Å². The molecule has 1 heterocycles. The maximum Gasteiger partial charge on any atom is 0.242 e. The van der Waals surface area contributed by atoms with Gasteiger partial charge in [0.15, 0.2) is 0 Å². The van der Waals surface area contributed by atoms with Crippen LogP contribution in [0.15, 0.2) is 48.7 Å². The summed E-state index contributed by atoms with van der Waals surface area (Å²) in [6.07, 6.45) is 2.62. The van der Waals surface area contributed by atoms with Crippen LogP contribution in [0.4, 0.5) is 0 Å². The molecule has 0 saturated heterocycles. The lowest BCUT2D eigenvalue weighted by molar-refractivity contribution is -0.121. The molecule has 3 nitrogen and oxygen atoms in total. The third-order valence-electron chi connectivity index (χ3n) is 3.12. The van der Waals surface area contributed by atoms with Crippen LogP contribution in [0, 0.1) is 0 Å². The minimum Gasteiger partial charge on any atom is -0.349 e. The molecular formula is C16H17ClN2O. The first-order chi connectivity index (χ1) is 9.72. The number of carbonyl (C=O) groups is 1. The summed E-state index contributed by atoms with van der Waals surface area (Å²) in [5, 5.41) is 2.16. The molecule has 0 radical (unpaired) electrons. The van der Waals surface area contributed by atoms with Crippen molar-refractivity contribution in [1.29, 1.82) is 0 Å². The third-order valence-corrected chi connectivity index (χ3v) is 3.57. The summed E-state index contributed by atoms with van der Waals surface area (Å²) >= 11 is 6.16. The van der Waals surface area contributed by atoms with Gasteiger partial charge in [-0.2, -0.15) is 0 Å². The number of carbonyl (C=O) groups excluding carboxylic acids is 1. The molecule has 1 aromatic heterocycles. The Hall–Kier alpha value is -1.87. The van der Waals surface area contributed by atoms with Gasteiger partial charge in [0.05, 0.1) is 12.2 Å². The van der Waals surface area contributed by atoms with E-state index in [0.717, 1.165) is 23.2 Å². The van der Waals surface area contributed by atoms with Crippen molar-refractivity contribution < 1.29 is 4.79 Å². The number of hydrogen-bond acceptors (Lipinski definition) is 2. The highest BCUT2D eigenvalue weighted by atomic mass is 35.5. The van der Waals surface area contributed by atoms with Gasteiger partial charge in [-0.25, -0.2) is 0 Å². The van der Waals surface area contributed by atoms with Crippen molar-refractivity contribution in [2.24, 2.45) is 0 Å². The van der Waals surface area contributed by atoms with E-state index in [9.17, 15) is 4.79 Å². The van der Waals surface area contributed by atoms with Gasteiger partial charge in [-0.1, -0.05) is 43.3 Å². The zero-order valence-corrected chi connectivity index (χ0v) is 12.1. The van der Waals surface area contributed by atoms with Crippen LogP contribution in [0.5, 0.6) is 0 Å². The fourth-order valence-corrected chi connectivity index (χ4v) is 2.21. The van der Waals surface area contributed by atoms with Gasteiger partial charge in [0, 0.05) is 6.20 Å². The van der Waals surface area contributed by atoms with Crippen molar-refractivity contribution >= 4 is 17.5 Å². The second-order valence-electron chi connectivity index (χ2n) is 4.45. The van der Waals surface area contributed by atoms with Gasteiger partial charge >= 0.3 is 0 Å². The largest absolute Gasteiger partial charge is 0.349 e. The van der Waals surface area contributed by atoms with Gasteiger partial charge in [-0.05, 0) is 23.6 Å². The molecule has 0 saturated carbocycles. The molecule has 4 heteroatoms. The Labute approximate surface area is 124 Å². The molecule has 0 aliphatic heterocycles. The van der Waals surface area contributed by atoms with E-state index in [1.165, 1.54) is 0 Å². The first-order valence-corrected chi connectivity index (χ1v) is 7.05. The topological polar surface area (TPSA) is 42.0 Å². The zero-order chi connectivity index (χ0) is 14.4. The second kappa shape index (κ2) is 7.06. The standard InChI is InChI=1S/C16H17ClN2O/c1-2-12-9-6-10-18-14(12)11-19-16(20)15(17)13-7-4-3-5-8-13/h3-10,15H,2,11H2,1H3,(H,19,20). The Balaban J connectivity index is 1.99. The molecular weight excluding hydrogens is 272 g/mol. The smallest absolute Gasteiger partial charge is 0.242 e. The van der Waals surface area contributed by atoms with Crippen LogP contribution in [0.25, 0.3) is 0 Å². The van der Waals surface area contributed by atoms with E-state index >= 15 is 0 Å². The van der Waals surface area contributed by atoms with Crippen LogP contribution in [-0.2, 0) is 17.8 Å². The van der Waals surface area contributed by atoms with E-state index < -0.39 is 5.38 Å². The molecule has 0 fully saturated rings. The Bertz CT molecular complexity index is 572. The van der Waals surface area contributed by atoms with E-state index in [1.807, 2.05) is 42.5 Å². The zero-order valence-electron chi connectivity index (χ0n) is 11.3. The van der Waals surface area contributed by atoms with Gasteiger partial charge < -0.3 is 5.32 Å². The van der Waals surface area contributed by atoms with Crippen LogP contribution < -0.4 is 5.32 Å². The minimum atomic E-state index is -0.676. The molecule has 0 spiro atoms.